The lowest BCUT2D eigenvalue weighted by Crippen LogP contribution is -2.10. The average molecular weight is 341 g/mol. The van der Waals surface area contributed by atoms with Crippen LogP contribution in [0.25, 0.3) is 6.08 Å². The first-order valence-corrected chi connectivity index (χ1v) is 8.26. The summed E-state index contributed by atoms with van der Waals surface area (Å²) in [6.07, 6.45) is 4.87. The monoisotopic (exact) mass is 341 g/mol. The Morgan fingerprint density at radius 3 is 2.64 bits per heavy atom. The third kappa shape index (κ3) is 6.30. The molecule has 25 heavy (non-hydrogen) atoms. The lowest BCUT2D eigenvalue weighted by molar-refractivity contribution is -0.137. The fourth-order valence-electron chi connectivity index (χ4n) is 2.05. The molecule has 5 heteroatoms. The molecule has 5 nitrogen and oxygen atoms in total. The number of ether oxygens (including phenoxy) is 3. The molecule has 0 saturated heterocycles. The SMILES string of the molecule is CCOC(=O)/C=C/c1ccc(OCc2cccnc2OC(C)C)cc1. The molecule has 2 rings (SSSR count). The zero-order valence-electron chi connectivity index (χ0n) is 14.8. The molecule has 2 aromatic rings. The summed E-state index contributed by atoms with van der Waals surface area (Å²) in [5.74, 6) is 0.969. The van der Waals surface area contributed by atoms with Gasteiger partial charge in [0.2, 0.25) is 5.88 Å². The molecule has 1 aromatic carbocycles. The average Bonchev–Trinajstić information content (AvgIpc) is 2.60. The van der Waals surface area contributed by atoms with Gasteiger partial charge in [0, 0.05) is 12.3 Å². The predicted molar refractivity (Wildman–Crippen MR) is 96.4 cm³/mol. The van der Waals surface area contributed by atoms with Crippen LogP contribution >= 0.6 is 0 Å². The van der Waals surface area contributed by atoms with Crippen LogP contribution in [0.4, 0.5) is 0 Å². The molecule has 0 fully saturated rings. The molecule has 0 atom stereocenters. The second kappa shape index (κ2) is 9.47. The Morgan fingerprint density at radius 2 is 1.96 bits per heavy atom. The summed E-state index contributed by atoms with van der Waals surface area (Å²) in [7, 11) is 0. The van der Waals surface area contributed by atoms with Crippen molar-refractivity contribution in [3.63, 3.8) is 0 Å². The van der Waals surface area contributed by atoms with Crippen molar-refractivity contribution in [3.05, 3.63) is 59.8 Å². The first-order valence-electron chi connectivity index (χ1n) is 8.26. The Kier molecular flexibility index (Phi) is 7.01. The normalized spacial score (nSPS) is 10.9. The molecule has 0 spiro atoms. The largest absolute Gasteiger partial charge is 0.489 e. The summed E-state index contributed by atoms with van der Waals surface area (Å²) in [6, 6.07) is 11.2. The van der Waals surface area contributed by atoms with Crippen molar-refractivity contribution in [2.24, 2.45) is 0 Å². The van der Waals surface area contributed by atoms with E-state index in [1.807, 2.05) is 50.2 Å². The zero-order valence-corrected chi connectivity index (χ0v) is 14.8. The van der Waals surface area contributed by atoms with Crippen molar-refractivity contribution in [2.75, 3.05) is 6.61 Å². The second-order valence-electron chi connectivity index (χ2n) is 5.58. The second-order valence-corrected chi connectivity index (χ2v) is 5.58. The molecular weight excluding hydrogens is 318 g/mol. The summed E-state index contributed by atoms with van der Waals surface area (Å²) < 4.78 is 16.3. The summed E-state index contributed by atoms with van der Waals surface area (Å²) >= 11 is 0. The van der Waals surface area contributed by atoms with Gasteiger partial charge in [-0.25, -0.2) is 9.78 Å². The summed E-state index contributed by atoms with van der Waals surface area (Å²) in [4.78, 5) is 15.5. The molecule has 0 amide bonds. The first kappa shape index (κ1) is 18.5. The first-order chi connectivity index (χ1) is 12.1. The Hall–Kier alpha value is -2.82. The molecule has 1 aromatic heterocycles. The maximum Gasteiger partial charge on any atom is 0.330 e. The van der Waals surface area contributed by atoms with E-state index >= 15 is 0 Å². The Bertz CT molecular complexity index is 708. The molecule has 0 N–H and O–H groups in total. The van der Waals surface area contributed by atoms with E-state index in [4.69, 9.17) is 14.2 Å². The number of carbonyl (C=O) groups is 1. The Balaban J connectivity index is 1.95. The van der Waals surface area contributed by atoms with Crippen LogP contribution in [0.2, 0.25) is 0 Å². The molecule has 0 aliphatic rings. The number of benzene rings is 1. The lowest BCUT2D eigenvalue weighted by Gasteiger charge is -2.13. The van der Waals surface area contributed by atoms with Crippen molar-refractivity contribution in [1.82, 2.24) is 4.98 Å². The van der Waals surface area contributed by atoms with Crippen LogP contribution in [0.1, 0.15) is 31.9 Å². The van der Waals surface area contributed by atoms with Crippen LogP contribution in [0.3, 0.4) is 0 Å². The van der Waals surface area contributed by atoms with E-state index in [-0.39, 0.29) is 12.1 Å². The van der Waals surface area contributed by atoms with Crippen LogP contribution in [0, 0.1) is 0 Å². The summed E-state index contributed by atoms with van der Waals surface area (Å²) in [5.41, 5.74) is 1.79. The van der Waals surface area contributed by atoms with E-state index in [2.05, 4.69) is 4.98 Å². The minimum absolute atomic E-state index is 0.0547. The van der Waals surface area contributed by atoms with Crippen molar-refractivity contribution < 1.29 is 19.0 Å². The van der Waals surface area contributed by atoms with Gasteiger partial charge in [-0.15, -0.1) is 0 Å². The maximum absolute atomic E-state index is 11.3. The highest BCUT2D eigenvalue weighted by molar-refractivity contribution is 5.87. The highest BCUT2D eigenvalue weighted by Crippen LogP contribution is 2.20. The minimum Gasteiger partial charge on any atom is -0.489 e. The van der Waals surface area contributed by atoms with Crippen LogP contribution < -0.4 is 9.47 Å². The van der Waals surface area contributed by atoms with Gasteiger partial charge < -0.3 is 14.2 Å². The molecular formula is C20H23NO4. The third-order valence-corrected chi connectivity index (χ3v) is 3.17. The zero-order chi connectivity index (χ0) is 18.1. The van der Waals surface area contributed by atoms with Gasteiger partial charge in [0.05, 0.1) is 18.3 Å². The van der Waals surface area contributed by atoms with Gasteiger partial charge in [-0.1, -0.05) is 12.1 Å². The molecule has 1 heterocycles. The van der Waals surface area contributed by atoms with E-state index in [1.54, 1.807) is 19.2 Å². The van der Waals surface area contributed by atoms with Crippen molar-refractivity contribution in [1.29, 1.82) is 0 Å². The molecule has 0 unspecified atom stereocenters. The van der Waals surface area contributed by atoms with Crippen molar-refractivity contribution >= 4 is 12.0 Å². The predicted octanol–water partition coefficient (Wildman–Crippen LogP) is 4.02. The Morgan fingerprint density at radius 1 is 1.20 bits per heavy atom. The van der Waals surface area contributed by atoms with Crippen molar-refractivity contribution in [2.45, 2.75) is 33.5 Å². The quantitative estimate of drug-likeness (QED) is 0.536. The van der Waals surface area contributed by atoms with Crippen LogP contribution in [0.15, 0.2) is 48.7 Å². The van der Waals surface area contributed by atoms with Gasteiger partial charge in [0.15, 0.2) is 0 Å². The number of hydrogen-bond donors (Lipinski definition) is 0. The Labute approximate surface area is 148 Å². The number of pyridine rings is 1. The number of carbonyl (C=O) groups excluding carboxylic acids is 1. The van der Waals surface area contributed by atoms with Gasteiger partial charge in [-0.3, -0.25) is 0 Å². The van der Waals surface area contributed by atoms with Crippen LogP contribution in [-0.2, 0) is 16.1 Å². The number of hydrogen-bond acceptors (Lipinski definition) is 5. The van der Waals surface area contributed by atoms with E-state index in [0.717, 1.165) is 16.9 Å². The van der Waals surface area contributed by atoms with Gasteiger partial charge in [0.1, 0.15) is 12.4 Å². The standard InChI is InChI=1S/C20H23NO4/c1-4-23-19(22)12-9-16-7-10-18(11-8-16)24-14-17-6-5-13-21-20(17)25-15(2)3/h5-13,15H,4,14H2,1-3H3/b12-9+. The van der Waals surface area contributed by atoms with Gasteiger partial charge in [0.25, 0.3) is 0 Å². The molecule has 0 radical (unpaired) electrons. The van der Waals surface area contributed by atoms with E-state index in [9.17, 15) is 4.79 Å². The minimum atomic E-state index is -0.350. The van der Waals surface area contributed by atoms with Crippen LogP contribution in [0.5, 0.6) is 11.6 Å². The smallest absolute Gasteiger partial charge is 0.330 e. The fourth-order valence-corrected chi connectivity index (χ4v) is 2.05. The van der Waals surface area contributed by atoms with Gasteiger partial charge in [-0.05, 0) is 56.7 Å². The van der Waals surface area contributed by atoms with Crippen LogP contribution in [-0.4, -0.2) is 23.7 Å². The summed E-state index contributed by atoms with van der Waals surface area (Å²) in [6.45, 7) is 6.43. The van der Waals surface area contributed by atoms with E-state index < -0.39 is 0 Å². The molecule has 0 saturated carbocycles. The number of nitrogens with zero attached hydrogens (tertiary/aromatic N) is 1. The molecule has 0 aliphatic carbocycles. The van der Waals surface area contributed by atoms with Crippen molar-refractivity contribution in [3.8, 4) is 11.6 Å². The lowest BCUT2D eigenvalue weighted by atomic mass is 10.2. The fraction of sp³-hybridized carbons (Fsp3) is 0.300. The topological polar surface area (TPSA) is 57.7 Å². The number of aromatic nitrogens is 1. The van der Waals surface area contributed by atoms with Gasteiger partial charge in [-0.2, -0.15) is 0 Å². The highest BCUT2D eigenvalue weighted by atomic mass is 16.5. The summed E-state index contributed by atoms with van der Waals surface area (Å²) in [5, 5.41) is 0. The number of rotatable bonds is 8. The highest BCUT2D eigenvalue weighted by Gasteiger charge is 2.07. The molecule has 0 bridgehead atoms. The molecule has 132 valence electrons. The van der Waals surface area contributed by atoms with E-state index in [1.165, 1.54) is 6.08 Å². The number of esters is 1. The third-order valence-electron chi connectivity index (χ3n) is 3.17. The van der Waals surface area contributed by atoms with Gasteiger partial charge >= 0.3 is 5.97 Å². The maximum atomic E-state index is 11.3. The van der Waals surface area contributed by atoms with E-state index in [0.29, 0.717) is 19.1 Å². The molecule has 0 aliphatic heterocycles.